The monoisotopic (exact) mass is 222 g/mol. The van der Waals surface area contributed by atoms with Gasteiger partial charge in [0.25, 0.3) is 0 Å². The van der Waals surface area contributed by atoms with E-state index in [0.29, 0.717) is 18.5 Å². The molecule has 0 spiro atoms. The minimum atomic E-state index is 0.312. The summed E-state index contributed by atoms with van der Waals surface area (Å²) in [5.41, 5.74) is 0. The highest BCUT2D eigenvalue weighted by molar-refractivity contribution is 7.12. The lowest BCUT2D eigenvalue weighted by molar-refractivity contribution is 0.452. The van der Waals surface area contributed by atoms with Crippen molar-refractivity contribution in [2.24, 2.45) is 0 Å². The summed E-state index contributed by atoms with van der Waals surface area (Å²) in [6.07, 6.45) is 1.59. The van der Waals surface area contributed by atoms with Crippen molar-refractivity contribution < 1.29 is 0 Å². The first-order chi connectivity index (χ1) is 7.17. The summed E-state index contributed by atoms with van der Waals surface area (Å²) in [6, 6.07) is 7.19. The molecule has 0 aliphatic rings. The molecule has 0 radical (unpaired) electrons. The highest BCUT2D eigenvalue weighted by atomic mass is 32.1. The molecular weight excluding hydrogens is 204 g/mol. The number of nitrogens with one attached hydrogen (secondary N) is 1. The van der Waals surface area contributed by atoms with Crippen molar-refractivity contribution >= 4 is 11.3 Å². The number of hydrogen-bond donors (Lipinski definition) is 1. The van der Waals surface area contributed by atoms with Gasteiger partial charge in [0.05, 0.1) is 12.5 Å². The van der Waals surface area contributed by atoms with Crippen LogP contribution in [-0.2, 0) is 0 Å². The second-order valence-electron chi connectivity index (χ2n) is 3.80. The smallest absolute Gasteiger partial charge is 0.0638 e. The van der Waals surface area contributed by atoms with E-state index in [9.17, 15) is 0 Å². The molecule has 0 saturated carbocycles. The Hall–Kier alpha value is -0.850. The molecule has 1 rings (SSSR count). The van der Waals surface area contributed by atoms with Gasteiger partial charge < -0.3 is 5.32 Å². The van der Waals surface area contributed by atoms with E-state index in [4.69, 9.17) is 5.26 Å². The van der Waals surface area contributed by atoms with E-state index in [1.807, 2.05) is 11.3 Å². The molecule has 0 aliphatic carbocycles. The van der Waals surface area contributed by atoms with Crippen LogP contribution in [0.2, 0.25) is 0 Å². The zero-order valence-electron chi connectivity index (χ0n) is 9.58. The fourth-order valence-corrected chi connectivity index (χ4v) is 2.44. The lowest BCUT2D eigenvalue weighted by atomic mass is 10.1. The van der Waals surface area contributed by atoms with Gasteiger partial charge >= 0.3 is 0 Å². The summed E-state index contributed by atoms with van der Waals surface area (Å²) in [6.45, 7) is 6.39. The second-order valence-corrected chi connectivity index (χ2v) is 5.12. The molecule has 0 amide bonds. The third-order valence-electron chi connectivity index (χ3n) is 2.50. The Labute approximate surface area is 95.9 Å². The van der Waals surface area contributed by atoms with E-state index in [1.165, 1.54) is 9.75 Å². The first-order valence-electron chi connectivity index (χ1n) is 5.36. The van der Waals surface area contributed by atoms with Gasteiger partial charge in [-0.25, -0.2) is 0 Å². The fourth-order valence-electron chi connectivity index (χ4n) is 1.55. The van der Waals surface area contributed by atoms with Gasteiger partial charge in [-0.2, -0.15) is 5.26 Å². The molecule has 1 heterocycles. The van der Waals surface area contributed by atoms with Gasteiger partial charge in [-0.05, 0) is 32.4 Å². The zero-order valence-corrected chi connectivity index (χ0v) is 10.4. The van der Waals surface area contributed by atoms with Gasteiger partial charge in [-0.3, -0.25) is 0 Å². The van der Waals surface area contributed by atoms with Gasteiger partial charge in [0.2, 0.25) is 0 Å². The van der Waals surface area contributed by atoms with Crippen LogP contribution >= 0.6 is 11.3 Å². The van der Waals surface area contributed by atoms with Crippen LogP contribution in [0, 0.1) is 18.3 Å². The topological polar surface area (TPSA) is 35.8 Å². The molecule has 0 bridgehead atoms. The molecule has 1 aromatic heterocycles. The highest BCUT2D eigenvalue weighted by Gasteiger charge is 2.12. The number of aryl methyl sites for hydroxylation is 1. The minimum absolute atomic E-state index is 0.312. The summed E-state index contributed by atoms with van der Waals surface area (Å²) in [5, 5.41) is 12.2. The van der Waals surface area contributed by atoms with E-state index in [0.717, 1.165) is 6.42 Å². The van der Waals surface area contributed by atoms with Gasteiger partial charge in [0, 0.05) is 21.8 Å². The molecule has 82 valence electrons. The number of thiophene rings is 1. The van der Waals surface area contributed by atoms with Crippen LogP contribution < -0.4 is 5.32 Å². The highest BCUT2D eigenvalue weighted by Crippen LogP contribution is 2.23. The predicted molar refractivity (Wildman–Crippen MR) is 64.9 cm³/mol. The Morgan fingerprint density at radius 2 is 2.27 bits per heavy atom. The van der Waals surface area contributed by atoms with Crippen LogP contribution in [0.25, 0.3) is 0 Å². The lowest BCUT2D eigenvalue weighted by Gasteiger charge is -2.19. The van der Waals surface area contributed by atoms with Crippen molar-refractivity contribution in [3.63, 3.8) is 0 Å². The molecule has 3 heteroatoms. The summed E-state index contributed by atoms with van der Waals surface area (Å²) in [5.74, 6) is 0. The minimum Gasteiger partial charge on any atom is -0.306 e. The molecule has 0 fully saturated rings. The third kappa shape index (κ3) is 3.65. The standard InChI is InChI=1S/C12H18N2S/c1-4-11(7-8-13)14-10(3)12-6-5-9(2)15-12/h5-6,10-11,14H,4,7H2,1-3H3. The van der Waals surface area contributed by atoms with E-state index in [-0.39, 0.29) is 0 Å². The molecule has 2 atom stereocenters. The summed E-state index contributed by atoms with van der Waals surface area (Å²) < 4.78 is 0. The van der Waals surface area contributed by atoms with E-state index in [2.05, 4.69) is 44.3 Å². The molecule has 2 unspecified atom stereocenters. The molecule has 0 aromatic carbocycles. The largest absolute Gasteiger partial charge is 0.306 e. The number of hydrogen-bond acceptors (Lipinski definition) is 3. The second kappa shape index (κ2) is 5.89. The van der Waals surface area contributed by atoms with Crippen molar-refractivity contribution in [3.05, 3.63) is 21.9 Å². The third-order valence-corrected chi connectivity index (χ3v) is 3.69. The van der Waals surface area contributed by atoms with Gasteiger partial charge in [-0.1, -0.05) is 6.92 Å². The summed E-state index contributed by atoms with van der Waals surface area (Å²) >= 11 is 1.82. The molecular formula is C12H18N2S. The quantitative estimate of drug-likeness (QED) is 0.828. The maximum atomic E-state index is 8.67. The van der Waals surface area contributed by atoms with E-state index < -0.39 is 0 Å². The van der Waals surface area contributed by atoms with Crippen molar-refractivity contribution in [3.8, 4) is 6.07 Å². The van der Waals surface area contributed by atoms with Crippen molar-refractivity contribution in [1.29, 1.82) is 5.26 Å². The van der Waals surface area contributed by atoms with E-state index >= 15 is 0 Å². The van der Waals surface area contributed by atoms with Crippen LogP contribution in [-0.4, -0.2) is 6.04 Å². The lowest BCUT2D eigenvalue weighted by Crippen LogP contribution is -2.30. The molecule has 2 nitrogen and oxygen atoms in total. The average molecular weight is 222 g/mol. The Bertz CT molecular complexity index is 338. The van der Waals surface area contributed by atoms with Crippen LogP contribution in [0.5, 0.6) is 0 Å². The average Bonchev–Trinajstić information content (AvgIpc) is 2.64. The number of nitrogens with zero attached hydrogens (tertiary/aromatic N) is 1. The zero-order chi connectivity index (χ0) is 11.3. The van der Waals surface area contributed by atoms with Crippen molar-refractivity contribution in [2.75, 3.05) is 0 Å². The molecule has 1 aromatic rings. The Morgan fingerprint density at radius 3 is 2.73 bits per heavy atom. The molecule has 0 saturated heterocycles. The summed E-state index contributed by atoms with van der Waals surface area (Å²) in [7, 11) is 0. The maximum Gasteiger partial charge on any atom is 0.0638 e. The van der Waals surface area contributed by atoms with Crippen LogP contribution in [0.15, 0.2) is 12.1 Å². The van der Waals surface area contributed by atoms with Crippen LogP contribution in [0.1, 0.15) is 42.5 Å². The van der Waals surface area contributed by atoms with Crippen LogP contribution in [0.3, 0.4) is 0 Å². The van der Waals surface area contributed by atoms with Crippen LogP contribution in [0.4, 0.5) is 0 Å². The Kier molecular flexibility index (Phi) is 4.80. The predicted octanol–water partition coefficient (Wildman–Crippen LogP) is 3.40. The first kappa shape index (κ1) is 12.2. The fraction of sp³-hybridized carbons (Fsp3) is 0.583. The van der Waals surface area contributed by atoms with Crippen molar-refractivity contribution in [2.45, 2.75) is 45.7 Å². The van der Waals surface area contributed by atoms with Gasteiger partial charge in [-0.15, -0.1) is 11.3 Å². The van der Waals surface area contributed by atoms with Gasteiger partial charge in [0.1, 0.15) is 0 Å². The normalized spacial score (nSPS) is 14.5. The van der Waals surface area contributed by atoms with Gasteiger partial charge in [0.15, 0.2) is 0 Å². The molecule has 15 heavy (non-hydrogen) atoms. The van der Waals surface area contributed by atoms with E-state index in [1.54, 1.807) is 0 Å². The molecule has 1 N–H and O–H groups in total. The Morgan fingerprint density at radius 1 is 1.53 bits per heavy atom. The van der Waals surface area contributed by atoms with Crippen molar-refractivity contribution in [1.82, 2.24) is 5.32 Å². The molecule has 0 aliphatic heterocycles. The maximum absolute atomic E-state index is 8.67. The summed E-state index contributed by atoms with van der Waals surface area (Å²) in [4.78, 5) is 2.69. The Balaban J connectivity index is 2.54. The first-order valence-corrected chi connectivity index (χ1v) is 6.18. The number of nitriles is 1. The number of rotatable bonds is 5. The SMILES string of the molecule is CCC(CC#N)NC(C)c1ccc(C)s1.